The van der Waals surface area contributed by atoms with Gasteiger partial charge in [-0.1, -0.05) is 13.0 Å². The van der Waals surface area contributed by atoms with Gasteiger partial charge in [0.2, 0.25) is 0 Å². The number of hydrogen-bond acceptors (Lipinski definition) is 2. The van der Waals surface area contributed by atoms with Crippen LogP contribution >= 0.6 is 27.3 Å². The average Bonchev–Trinajstić information content (AvgIpc) is 2.89. The van der Waals surface area contributed by atoms with Crippen molar-refractivity contribution in [3.05, 3.63) is 56.2 Å². The molecule has 0 bridgehead atoms. The number of thiophene rings is 1. The molecule has 2 aromatic rings. The van der Waals surface area contributed by atoms with Crippen molar-refractivity contribution in [3.8, 4) is 0 Å². The molecule has 0 amide bonds. The molecule has 1 heterocycles. The van der Waals surface area contributed by atoms with Crippen LogP contribution in [-0.2, 0) is 6.42 Å². The average molecular weight is 346 g/mol. The summed E-state index contributed by atoms with van der Waals surface area (Å²) in [5.74, 6) is -1.66. The zero-order valence-corrected chi connectivity index (χ0v) is 12.8. The molecule has 0 saturated heterocycles. The van der Waals surface area contributed by atoms with E-state index in [1.165, 1.54) is 11.6 Å². The van der Waals surface area contributed by atoms with Crippen molar-refractivity contribution in [2.75, 3.05) is 6.54 Å². The fourth-order valence-electron chi connectivity index (χ4n) is 1.99. The summed E-state index contributed by atoms with van der Waals surface area (Å²) >= 11 is 4.78. The van der Waals surface area contributed by atoms with Crippen LogP contribution in [0.5, 0.6) is 0 Å². The molecule has 1 aromatic heterocycles. The summed E-state index contributed by atoms with van der Waals surface area (Å²) in [7, 11) is 0. The lowest BCUT2D eigenvalue weighted by Gasteiger charge is -2.19. The van der Waals surface area contributed by atoms with Crippen molar-refractivity contribution in [2.45, 2.75) is 19.4 Å². The van der Waals surface area contributed by atoms with Crippen molar-refractivity contribution in [3.63, 3.8) is 0 Å². The third kappa shape index (κ3) is 3.41. The van der Waals surface area contributed by atoms with Gasteiger partial charge in [0, 0.05) is 6.04 Å². The first-order chi connectivity index (χ1) is 9.13. The standard InChI is InChI=1S/C14H14BrF2NS/c1-2-18-12(7-9-5-6-19-8-9)10-3-4-11(16)14(17)13(10)15/h3-6,8,12,18H,2,7H2,1H3. The third-order valence-electron chi connectivity index (χ3n) is 2.91. The maximum atomic E-state index is 13.6. The van der Waals surface area contributed by atoms with Crippen LogP contribution in [0, 0.1) is 11.6 Å². The lowest BCUT2D eigenvalue weighted by atomic mass is 10.00. The predicted octanol–water partition coefficient (Wildman–Crippen LogP) is 4.68. The molecule has 0 aliphatic rings. The minimum atomic E-state index is -0.832. The van der Waals surface area contributed by atoms with Crippen molar-refractivity contribution in [1.82, 2.24) is 5.32 Å². The third-order valence-corrected chi connectivity index (χ3v) is 4.45. The van der Waals surface area contributed by atoms with Crippen LogP contribution < -0.4 is 5.32 Å². The van der Waals surface area contributed by atoms with Gasteiger partial charge in [0.15, 0.2) is 11.6 Å². The number of benzene rings is 1. The molecule has 2 rings (SSSR count). The van der Waals surface area contributed by atoms with Crippen LogP contribution in [0.25, 0.3) is 0 Å². The van der Waals surface area contributed by atoms with E-state index in [4.69, 9.17) is 0 Å². The fourth-order valence-corrected chi connectivity index (χ4v) is 3.27. The highest BCUT2D eigenvalue weighted by molar-refractivity contribution is 9.10. The molecular formula is C14H14BrF2NS. The van der Waals surface area contributed by atoms with E-state index in [-0.39, 0.29) is 10.5 Å². The summed E-state index contributed by atoms with van der Waals surface area (Å²) in [6.07, 6.45) is 0.751. The Morgan fingerprint density at radius 1 is 1.32 bits per heavy atom. The van der Waals surface area contributed by atoms with Crippen molar-refractivity contribution in [1.29, 1.82) is 0 Å². The number of rotatable bonds is 5. The minimum Gasteiger partial charge on any atom is -0.310 e. The van der Waals surface area contributed by atoms with Gasteiger partial charge in [0.05, 0.1) is 4.47 Å². The Kier molecular flexibility index (Phi) is 5.07. The van der Waals surface area contributed by atoms with Gasteiger partial charge >= 0.3 is 0 Å². The van der Waals surface area contributed by atoms with E-state index in [1.54, 1.807) is 17.4 Å². The zero-order chi connectivity index (χ0) is 13.8. The topological polar surface area (TPSA) is 12.0 Å². The Hall–Kier alpha value is -0.780. The van der Waals surface area contributed by atoms with Crippen molar-refractivity contribution in [2.24, 2.45) is 0 Å². The van der Waals surface area contributed by atoms with Gasteiger partial charge in [-0.15, -0.1) is 0 Å². The van der Waals surface area contributed by atoms with Crippen LogP contribution in [0.15, 0.2) is 33.4 Å². The second-order valence-corrected chi connectivity index (χ2v) is 5.78. The fraction of sp³-hybridized carbons (Fsp3) is 0.286. The van der Waals surface area contributed by atoms with E-state index in [0.717, 1.165) is 18.5 Å². The molecule has 1 nitrogen and oxygen atoms in total. The van der Waals surface area contributed by atoms with Crippen LogP contribution in [0.3, 0.4) is 0 Å². The minimum absolute atomic E-state index is 0.0379. The SMILES string of the molecule is CCNC(Cc1ccsc1)c1ccc(F)c(F)c1Br. The maximum Gasteiger partial charge on any atom is 0.173 e. The van der Waals surface area contributed by atoms with Crippen LogP contribution in [0.4, 0.5) is 8.78 Å². The van der Waals surface area contributed by atoms with Gasteiger partial charge in [0.1, 0.15) is 0 Å². The van der Waals surface area contributed by atoms with E-state index in [2.05, 4.69) is 26.6 Å². The smallest absolute Gasteiger partial charge is 0.173 e. The van der Waals surface area contributed by atoms with E-state index in [1.807, 2.05) is 18.4 Å². The van der Waals surface area contributed by atoms with Crippen LogP contribution in [-0.4, -0.2) is 6.54 Å². The quantitative estimate of drug-likeness (QED) is 0.775. The molecule has 0 spiro atoms. The predicted molar refractivity (Wildman–Crippen MR) is 78.5 cm³/mol. The molecule has 1 atom stereocenters. The summed E-state index contributed by atoms with van der Waals surface area (Å²) in [5.41, 5.74) is 1.93. The molecule has 1 aromatic carbocycles. The van der Waals surface area contributed by atoms with Gasteiger partial charge in [-0.25, -0.2) is 8.78 Å². The van der Waals surface area contributed by atoms with Gasteiger partial charge in [-0.3, -0.25) is 0 Å². The molecule has 0 aliphatic heterocycles. The molecule has 0 aliphatic carbocycles. The number of hydrogen-bond donors (Lipinski definition) is 1. The molecule has 0 radical (unpaired) electrons. The van der Waals surface area contributed by atoms with Crippen molar-refractivity contribution < 1.29 is 8.78 Å². The Morgan fingerprint density at radius 2 is 2.11 bits per heavy atom. The highest BCUT2D eigenvalue weighted by Gasteiger charge is 2.19. The number of likely N-dealkylation sites (N-methyl/N-ethyl adjacent to an activating group) is 1. The molecule has 1 unspecified atom stereocenters. The summed E-state index contributed by atoms with van der Waals surface area (Å²) in [6.45, 7) is 2.76. The Labute approximate surface area is 123 Å². The summed E-state index contributed by atoms with van der Waals surface area (Å²) in [6, 6.07) is 4.81. The molecule has 5 heteroatoms. The summed E-state index contributed by atoms with van der Waals surface area (Å²) < 4.78 is 27.0. The molecule has 0 fully saturated rings. The van der Waals surface area contributed by atoms with E-state index >= 15 is 0 Å². The number of nitrogens with one attached hydrogen (secondary N) is 1. The van der Waals surface area contributed by atoms with E-state index < -0.39 is 11.6 Å². The second kappa shape index (κ2) is 6.59. The molecule has 1 N–H and O–H groups in total. The zero-order valence-electron chi connectivity index (χ0n) is 10.4. The molecule has 0 saturated carbocycles. The monoisotopic (exact) mass is 345 g/mol. The highest BCUT2D eigenvalue weighted by atomic mass is 79.9. The largest absolute Gasteiger partial charge is 0.310 e. The Balaban J connectivity index is 2.31. The second-order valence-electron chi connectivity index (χ2n) is 4.21. The Bertz CT molecular complexity index is 543. The van der Waals surface area contributed by atoms with Gasteiger partial charge in [-0.05, 0) is 62.9 Å². The first kappa shape index (κ1) is 14.6. The number of halogens is 3. The lowest BCUT2D eigenvalue weighted by Crippen LogP contribution is -2.23. The van der Waals surface area contributed by atoms with E-state index in [9.17, 15) is 8.78 Å². The highest BCUT2D eigenvalue weighted by Crippen LogP contribution is 2.30. The summed E-state index contributed by atoms with van der Waals surface area (Å²) in [5, 5.41) is 7.39. The molecular weight excluding hydrogens is 332 g/mol. The van der Waals surface area contributed by atoms with Crippen LogP contribution in [0.2, 0.25) is 0 Å². The lowest BCUT2D eigenvalue weighted by molar-refractivity contribution is 0.491. The van der Waals surface area contributed by atoms with Gasteiger partial charge < -0.3 is 5.32 Å². The van der Waals surface area contributed by atoms with E-state index in [0.29, 0.717) is 0 Å². The molecule has 19 heavy (non-hydrogen) atoms. The Morgan fingerprint density at radius 3 is 2.74 bits per heavy atom. The van der Waals surface area contributed by atoms with Gasteiger partial charge in [-0.2, -0.15) is 11.3 Å². The normalized spacial score (nSPS) is 12.6. The van der Waals surface area contributed by atoms with Crippen LogP contribution in [0.1, 0.15) is 24.1 Å². The van der Waals surface area contributed by atoms with Crippen molar-refractivity contribution >= 4 is 27.3 Å². The first-order valence-electron chi connectivity index (χ1n) is 6.01. The first-order valence-corrected chi connectivity index (χ1v) is 7.75. The molecule has 102 valence electrons. The summed E-state index contributed by atoms with van der Waals surface area (Å²) in [4.78, 5) is 0. The maximum absolute atomic E-state index is 13.6. The van der Waals surface area contributed by atoms with Gasteiger partial charge in [0.25, 0.3) is 0 Å².